The number of nitrogens with one attached hydrogen (secondary N) is 2. The molecular formula is C17H25F4N3O. The first-order valence-corrected chi connectivity index (χ1v) is 8.23. The minimum atomic E-state index is -4.29. The predicted octanol–water partition coefficient (Wildman–Crippen LogP) is 3.20. The van der Waals surface area contributed by atoms with E-state index in [0.717, 1.165) is 11.1 Å². The van der Waals surface area contributed by atoms with Crippen LogP contribution < -0.4 is 10.6 Å². The van der Waals surface area contributed by atoms with E-state index in [1.54, 1.807) is 6.07 Å². The largest absolute Gasteiger partial charge is 0.411 e. The molecule has 0 heterocycles. The van der Waals surface area contributed by atoms with Gasteiger partial charge in [-0.1, -0.05) is 6.07 Å². The van der Waals surface area contributed by atoms with E-state index < -0.39 is 12.8 Å². The highest BCUT2D eigenvalue weighted by atomic mass is 19.4. The average Bonchev–Trinajstić information content (AvgIpc) is 2.51. The molecule has 0 aromatic heterocycles. The second-order valence-electron chi connectivity index (χ2n) is 5.53. The molecule has 1 aromatic rings. The Morgan fingerprint density at radius 1 is 1.24 bits per heavy atom. The fraction of sp³-hybridized carbons (Fsp3) is 0.588. The molecule has 0 unspecified atom stereocenters. The van der Waals surface area contributed by atoms with Crippen molar-refractivity contribution in [1.29, 1.82) is 0 Å². The normalized spacial score (nSPS) is 12.3. The van der Waals surface area contributed by atoms with E-state index in [1.165, 1.54) is 12.1 Å². The summed E-state index contributed by atoms with van der Waals surface area (Å²) in [6, 6.07) is 4.69. The maximum atomic E-state index is 13.1. The summed E-state index contributed by atoms with van der Waals surface area (Å²) in [6.45, 7) is 4.22. The highest BCUT2D eigenvalue weighted by Crippen LogP contribution is 2.14. The van der Waals surface area contributed by atoms with Gasteiger partial charge in [-0.2, -0.15) is 13.2 Å². The predicted molar refractivity (Wildman–Crippen MR) is 90.3 cm³/mol. The Morgan fingerprint density at radius 2 is 2.00 bits per heavy atom. The third-order valence-electron chi connectivity index (χ3n) is 3.32. The molecule has 0 bridgehead atoms. The Balaban J connectivity index is 2.33. The smallest absolute Gasteiger partial charge is 0.372 e. The highest BCUT2D eigenvalue weighted by Gasteiger charge is 2.27. The van der Waals surface area contributed by atoms with Crippen molar-refractivity contribution in [2.75, 3.05) is 32.8 Å². The number of nitrogens with zero attached hydrogens (tertiary/aromatic N) is 1. The van der Waals surface area contributed by atoms with Crippen molar-refractivity contribution in [2.45, 2.75) is 32.9 Å². The van der Waals surface area contributed by atoms with Gasteiger partial charge in [0.1, 0.15) is 12.4 Å². The lowest BCUT2D eigenvalue weighted by molar-refractivity contribution is -0.173. The molecule has 0 saturated heterocycles. The molecule has 142 valence electrons. The average molecular weight is 363 g/mol. The SMILES string of the molecule is CCNC(=NCCCOCC(F)(F)F)NCCc1ccc(F)cc1C. The molecule has 8 heteroatoms. The fourth-order valence-corrected chi connectivity index (χ4v) is 2.14. The molecule has 2 N–H and O–H groups in total. The lowest BCUT2D eigenvalue weighted by atomic mass is 10.1. The van der Waals surface area contributed by atoms with Crippen molar-refractivity contribution < 1.29 is 22.3 Å². The van der Waals surface area contributed by atoms with Crippen LogP contribution in [0.5, 0.6) is 0 Å². The van der Waals surface area contributed by atoms with Crippen LogP contribution in [-0.2, 0) is 11.2 Å². The third kappa shape index (κ3) is 9.91. The van der Waals surface area contributed by atoms with Gasteiger partial charge in [0, 0.05) is 26.2 Å². The first kappa shape index (κ1) is 21.2. The fourth-order valence-electron chi connectivity index (χ4n) is 2.14. The van der Waals surface area contributed by atoms with E-state index in [2.05, 4.69) is 20.4 Å². The topological polar surface area (TPSA) is 45.7 Å². The van der Waals surface area contributed by atoms with Crippen LogP contribution in [0.4, 0.5) is 17.6 Å². The summed E-state index contributed by atoms with van der Waals surface area (Å²) in [6.07, 6.45) is -3.17. The van der Waals surface area contributed by atoms with Crippen LogP contribution in [0.2, 0.25) is 0 Å². The molecule has 25 heavy (non-hydrogen) atoms. The van der Waals surface area contributed by atoms with E-state index >= 15 is 0 Å². The zero-order valence-electron chi connectivity index (χ0n) is 14.5. The Kier molecular flexibility index (Phi) is 9.26. The van der Waals surface area contributed by atoms with Crippen molar-refractivity contribution in [1.82, 2.24) is 10.6 Å². The number of benzene rings is 1. The summed E-state index contributed by atoms with van der Waals surface area (Å²) in [5, 5.41) is 6.22. The number of hydrogen-bond acceptors (Lipinski definition) is 2. The maximum absolute atomic E-state index is 13.1. The maximum Gasteiger partial charge on any atom is 0.411 e. The van der Waals surface area contributed by atoms with E-state index in [1.807, 2.05) is 13.8 Å². The second kappa shape index (κ2) is 10.9. The van der Waals surface area contributed by atoms with E-state index in [0.29, 0.717) is 38.4 Å². The first-order chi connectivity index (χ1) is 11.8. The number of aryl methyl sites for hydroxylation is 1. The van der Waals surface area contributed by atoms with Gasteiger partial charge >= 0.3 is 6.18 Å². The van der Waals surface area contributed by atoms with Crippen LogP contribution in [0.25, 0.3) is 0 Å². The van der Waals surface area contributed by atoms with E-state index in [4.69, 9.17) is 0 Å². The molecule has 0 spiro atoms. The summed E-state index contributed by atoms with van der Waals surface area (Å²) in [5.41, 5.74) is 1.94. The van der Waals surface area contributed by atoms with Crippen LogP contribution >= 0.6 is 0 Å². The van der Waals surface area contributed by atoms with Crippen LogP contribution in [0.1, 0.15) is 24.5 Å². The molecule has 0 saturated carbocycles. The molecule has 1 rings (SSSR count). The van der Waals surface area contributed by atoms with Gasteiger partial charge in [0.15, 0.2) is 5.96 Å². The minimum absolute atomic E-state index is 0.0111. The number of alkyl halides is 3. The standard InChI is InChI=1S/C17H25F4N3O/c1-3-22-16(23-8-4-10-25-12-17(19,20)21)24-9-7-14-5-6-15(18)11-13(14)2/h5-6,11H,3-4,7-10,12H2,1-2H3,(H2,22,23,24). The molecule has 0 fully saturated rings. The summed E-state index contributed by atoms with van der Waals surface area (Å²) in [4.78, 5) is 4.29. The van der Waals surface area contributed by atoms with Gasteiger partial charge in [0.25, 0.3) is 0 Å². The zero-order valence-corrected chi connectivity index (χ0v) is 14.5. The Bertz CT molecular complexity index is 547. The lowest BCUT2D eigenvalue weighted by Crippen LogP contribution is -2.38. The van der Waals surface area contributed by atoms with Crippen LogP contribution in [0, 0.1) is 12.7 Å². The van der Waals surface area contributed by atoms with Crippen LogP contribution in [0.3, 0.4) is 0 Å². The number of ether oxygens (including phenoxy) is 1. The van der Waals surface area contributed by atoms with E-state index in [9.17, 15) is 17.6 Å². The number of hydrogen-bond donors (Lipinski definition) is 2. The molecular weight excluding hydrogens is 338 g/mol. The van der Waals surface area contributed by atoms with Gasteiger partial charge < -0.3 is 15.4 Å². The number of aliphatic imine (C=N–C) groups is 1. The molecule has 0 aliphatic rings. The third-order valence-corrected chi connectivity index (χ3v) is 3.32. The quantitative estimate of drug-likeness (QED) is 0.307. The Hall–Kier alpha value is -1.83. The Labute approximate surface area is 145 Å². The van der Waals surface area contributed by atoms with Crippen molar-refractivity contribution in [3.8, 4) is 0 Å². The second-order valence-corrected chi connectivity index (χ2v) is 5.53. The van der Waals surface area contributed by atoms with Crippen molar-refractivity contribution in [2.24, 2.45) is 4.99 Å². The molecule has 0 radical (unpaired) electrons. The monoisotopic (exact) mass is 363 g/mol. The van der Waals surface area contributed by atoms with Crippen molar-refractivity contribution in [3.05, 3.63) is 35.1 Å². The van der Waals surface area contributed by atoms with Gasteiger partial charge in [-0.25, -0.2) is 4.39 Å². The number of halogens is 4. The van der Waals surface area contributed by atoms with Crippen LogP contribution in [-0.4, -0.2) is 45.0 Å². The van der Waals surface area contributed by atoms with Crippen molar-refractivity contribution in [3.63, 3.8) is 0 Å². The summed E-state index contributed by atoms with van der Waals surface area (Å²) in [5.74, 6) is 0.343. The first-order valence-electron chi connectivity index (χ1n) is 8.23. The highest BCUT2D eigenvalue weighted by molar-refractivity contribution is 5.79. The number of rotatable bonds is 9. The van der Waals surface area contributed by atoms with E-state index in [-0.39, 0.29) is 12.4 Å². The molecule has 0 atom stereocenters. The summed E-state index contributed by atoms with van der Waals surface area (Å²) in [7, 11) is 0. The lowest BCUT2D eigenvalue weighted by Gasteiger charge is -2.12. The van der Waals surface area contributed by atoms with Crippen LogP contribution in [0.15, 0.2) is 23.2 Å². The molecule has 1 aromatic carbocycles. The molecule has 4 nitrogen and oxygen atoms in total. The molecule has 0 amide bonds. The van der Waals surface area contributed by atoms with Gasteiger partial charge in [-0.05, 0) is 49.9 Å². The van der Waals surface area contributed by atoms with Crippen molar-refractivity contribution >= 4 is 5.96 Å². The minimum Gasteiger partial charge on any atom is -0.372 e. The van der Waals surface area contributed by atoms with Gasteiger partial charge in [0.05, 0.1) is 0 Å². The Morgan fingerprint density at radius 3 is 2.64 bits per heavy atom. The summed E-state index contributed by atoms with van der Waals surface area (Å²) < 4.78 is 53.4. The number of guanidine groups is 1. The van der Waals surface area contributed by atoms with Gasteiger partial charge in [-0.15, -0.1) is 0 Å². The molecule has 0 aliphatic carbocycles. The summed E-state index contributed by atoms with van der Waals surface area (Å²) >= 11 is 0. The van der Waals surface area contributed by atoms with Gasteiger partial charge in [-0.3, -0.25) is 4.99 Å². The van der Waals surface area contributed by atoms with Gasteiger partial charge in [0.2, 0.25) is 0 Å². The zero-order chi connectivity index (χ0) is 18.7. The molecule has 0 aliphatic heterocycles.